The molecule has 0 spiro atoms. The summed E-state index contributed by atoms with van der Waals surface area (Å²) < 4.78 is 5.02. The molecule has 0 aliphatic carbocycles. The molecular weight excluding hydrogens is 290 g/mol. The van der Waals surface area contributed by atoms with Gasteiger partial charge in [0.1, 0.15) is 0 Å². The molecular formula is C15H32ClN3O2. The summed E-state index contributed by atoms with van der Waals surface area (Å²) in [5.74, 6) is 0. The van der Waals surface area contributed by atoms with Crippen LogP contribution in [0.1, 0.15) is 39.5 Å². The second-order valence-corrected chi connectivity index (χ2v) is 5.34. The monoisotopic (exact) mass is 321 g/mol. The first-order chi connectivity index (χ1) is 9.77. The summed E-state index contributed by atoms with van der Waals surface area (Å²) in [6, 6.07) is 0. The van der Waals surface area contributed by atoms with Crippen molar-refractivity contribution in [2.24, 2.45) is 0 Å². The number of hydrogen-bond acceptors (Lipinski definition) is 4. The Kier molecular flexibility index (Phi) is 12.8. The summed E-state index contributed by atoms with van der Waals surface area (Å²) in [6.07, 6.45) is 5.09. The van der Waals surface area contributed by atoms with E-state index in [1.165, 1.54) is 25.7 Å². The summed E-state index contributed by atoms with van der Waals surface area (Å²) in [4.78, 5) is 15.8. The first-order valence-corrected chi connectivity index (χ1v) is 8.12. The van der Waals surface area contributed by atoms with E-state index in [0.29, 0.717) is 6.61 Å². The largest absolute Gasteiger partial charge is 0.450 e. The van der Waals surface area contributed by atoms with Gasteiger partial charge in [0.15, 0.2) is 0 Å². The Morgan fingerprint density at radius 2 is 1.76 bits per heavy atom. The van der Waals surface area contributed by atoms with E-state index in [9.17, 15) is 4.79 Å². The van der Waals surface area contributed by atoms with E-state index in [1.807, 2.05) is 6.92 Å². The molecule has 1 saturated heterocycles. The molecule has 0 bridgehead atoms. The number of carbonyl (C=O) groups excluding carboxylic acids is 1. The Balaban J connectivity index is 0.00000400. The molecule has 0 atom stereocenters. The summed E-state index contributed by atoms with van der Waals surface area (Å²) in [6.45, 7) is 11.3. The third-order valence-corrected chi connectivity index (χ3v) is 3.71. The van der Waals surface area contributed by atoms with Crippen molar-refractivity contribution < 1.29 is 9.53 Å². The normalized spacial score (nSPS) is 15.6. The van der Waals surface area contributed by atoms with Gasteiger partial charge < -0.3 is 15.0 Å². The number of halogens is 1. The van der Waals surface area contributed by atoms with E-state index in [0.717, 1.165) is 45.8 Å². The number of rotatable bonds is 9. The van der Waals surface area contributed by atoms with Crippen molar-refractivity contribution in [1.29, 1.82) is 0 Å². The number of nitrogens with zero attached hydrogens (tertiary/aromatic N) is 2. The number of unbranched alkanes of at least 4 members (excludes halogenated alkanes) is 3. The van der Waals surface area contributed by atoms with Crippen molar-refractivity contribution in [2.75, 3.05) is 52.4 Å². The Morgan fingerprint density at radius 3 is 2.38 bits per heavy atom. The highest BCUT2D eigenvalue weighted by Gasteiger charge is 2.21. The minimum Gasteiger partial charge on any atom is -0.450 e. The van der Waals surface area contributed by atoms with Crippen LogP contribution in [-0.2, 0) is 4.74 Å². The van der Waals surface area contributed by atoms with Gasteiger partial charge >= 0.3 is 6.09 Å². The maximum atomic E-state index is 11.6. The quantitative estimate of drug-likeness (QED) is 0.662. The van der Waals surface area contributed by atoms with Crippen LogP contribution in [0.15, 0.2) is 0 Å². The predicted molar refractivity (Wildman–Crippen MR) is 89.3 cm³/mol. The molecule has 1 aliphatic rings. The lowest BCUT2D eigenvalue weighted by Crippen LogP contribution is -2.50. The van der Waals surface area contributed by atoms with Crippen LogP contribution in [0.25, 0.3) is 0 Å². The summed E-state index contributed by atoms with van der Waals surface area (Å²) in [5, 5.41) is 3.50. The fourth-order valence-electron chi connectivity index (χ4n) is 2.41. The van der Waals surface area contributed by atoms with Crippen molar-refractivity contribution in [1.82, 2.24) is 15.1 Å². The molecule has 1 heterocycles. The minimum atomic E-state index is -0.166. The lowest BCUT2D eigenvalue weighted by molar-refractivity contribution is 0.0799. The smallest absolute Gasteiger partial charge is 0.409 e. The Labute approximate surface area is 135 Å². The van der Waals surface area contributed by atoms with Crippen LogP contribution < -0.4 is 5.32 Å². The molecule has 1 N–H and O–H groups in total. The highest BCUT2D eigenvalue weighted by atomic mass is 35.5. The van der Waals surface area contributed by atoms with Crippen LogP contribution in [0.5, 0.6) is 0 Å². The lowest BCUT2D eigenvalue weighted by atomic mass is 10.2. The number of hydrogen-bond donors (Lipinski definition) is 1. The number of nitrogens with one attached hydrogen (secondary N) is 1. The van der Waals surface area contributed by atoms with Crippen molar-refractivity contribution in [2.45, 2.75) is 39.5 Å². The molecule has 0 radical (unpaired) electrons. The van der Waals surface area contributed by atoms with Crippen LogP contribution in [0, 0.1) is 0 Å². The van der Waals surface area contributed by atoms with Gasteiger partial charge in [-0.3, -0.25) is 4.90 Å². The maximum Gasteiger partial charge on any atom is 0.409 e. The molecule has 1 rings (SSSR count). The molecule has 0 unspecified atom stereocenters. The zero-order valence-electron chi connectivity index (χ0n) is 13.6. The highest BCUT2D eigenvalue weighted by Crippen LogP contribution is 2.03. The molecule has 0 aromatic rings. The molecule has 0 aromatic heterocycles. The molecule has 0 saturated carbocycles. The summed E-state index contributed by atoms with van der Waals surface area (Å²) in [5.41, 5.74) is 0. The number of amides is 1. The fourth-order valence-corrected chi connectivity index (χ4v) is 2.41. The van der Waals surface area contributed by atoms with E-state index in [2.05, 4.69) is 17.1 Å². The minimum absolute atomic E-state index is 0. The average Bonchev–Trinajstić information content (AvgIpc) is 2.47. The molecule has 21 heavy (non-hydrogen) atoms. The van der Waals surface area contributed by atoms with Crippen molar-refractivity contribution in [3.05, 3.63) is 0 Å². The molecule has 126 valence electrons. The van der Waals surface area contributed by atoms with Gasteiger partial charge in [-0.1, -0.05) is 26.2 Å². The molecule has 1 amide bonds. The van der Waals surface area contributed by atoms with Crippen LogP contribution in [0.3, 0.4) is 0 Å². The van der Waals surface area contributed by atoms with Crippen LogP contribution in [0.2, 0.25) is 0 Å². The van der Waals surface area contributed by atoms with Crippen molar-refractivity contribution in [3.8, 4) is 0 Å². The van der Waals surface area contributed by atoms with E-state index >= 15 is 0 Å². The lowest BCUT2D eigenvalue weighted by Gasteiger charge is -2.34. The van der Waals surface area contributed by atoms with Crippen molar-refractivity contribution in [3.63, 3.8) is 0 Å². The number of piperazine rings is 1. The van der Waals surface area contributed by atoms with E-state index in [1.54, 1.807) is 4.90 Å². The standard InChI is InChI=1S/C15H31N3O2.ClH/c1-3-5-6-7-8-16-9-10-17-11-13-18(14-12-17)15(19)20-4-2;/h16H,3-14H2,1-2H3;1H. The fraction of sp³-hybridized carbons (Fsp3) is 0.933. The van der Waals surface area contributed by atoms with E-state index in [-0.39, 0.29) is 18.5 Å². The Morgan fingerprint density at radius 1 is 1.05 bits per heavy atom. The number of carbonyl (C=O) groups is 1. The molecule has 5 nitrogen and oxygen atoms in total. The van der Waals surface area contributed by atoms with E-state index in [4.69, 9.17) is 4.74 Å². The molecule has 1 aliphatic heterocycles. The zero-order valence-corrected chi connectivity index (χ0v) is 14.4. The van der Waals surface area contributed by atoms with Crippen LogP contribution >= 0.6 is 12.4 Å². The predicted octanol–water partition coefficient (Wildman–Crippen LogP) is 2.35. The van der Waals surface area contributed by atoms with Gasteiger partial charge in [-0.2, -0.15) is 0 Å². The SMILES string of the molecule is CCCCCCNCCN1CCN(C(=O)OCC)CC1.Cl. The number of ether oxygens (including phenoxy) is 1. The van der Waals surface area contributed by atoms with Crippen molar-refractivity contribution >= 4 is 18.5 Å². The van der Waals surface area contributed by atoms with Gasteiger partial charge in [0.2, 0.25) is 0 Å². The molecule has 0 aromatic carbocycles. The Hall–Kier alpha value is -0.520. The summed E-state index contributed by atoms with van der Waals surface area (Å²) >= 11 is 0. The zero-order chi connectivity index (χ0) is 14.6. The van der Waals surface area contributed by atoms with Gasteiger partial charge in [-0.15, -0.1) is 12.4 Å². The average molecular weight is 322 g/mol. The van der Waals surface area contributed by atoms with Gasteiger partial charge in [-0.25, -0.2) is 4.79 Å². The van der Waals surface area contributed by atoms with Crippen LogP contribution in [-0.4, -0.2) is 68.3 Å². The Bertz CT molecular complexity index is 259. The van der Waals surface area contributed by atoms with Crippen LogP contribution in [0.4, 0.5) is 4.79 Å². The van der Waals surface area contributed by atoms with Gasteiger partial charge in [0.25, 0.3) is 0 Å². The molecule has 1 fully saturated rings. The van der Waals surface area contributed by atoms with Gasteiger partial charge in [0, 0.05) is 39.3 Å². The second-order valence-electron chi connectivity index (χ2n) is 5.34. The second kappa shape index (κ2) is 13.2. The summed E-state index contributed by atoms with van der Waals surface area (Å²) in [7, 11) is 0. The van der Waals surface area contributed by atoms with E-state index < -0.39 is 0 Å². The highest BCUT2D eigenvalue weighted by molar-refractivity contribution is 5.85. The third kappa shape index (κ3) is 9.17. The molecule has 6 heteroatoms. The van der Waals surface area contributed by atoms with Gasteiger partial charge in [-0.05, 0) is 19.9 Å². The maximum absolute atomic E-state index is 11.6. The third-order valence-electron chi connectivity index (χ3n) is 3.71. The van der Waals surface area contributed by atoms with Gasteiger partial charge in [0.05, 0.1) is 6.61 Å². The topological polar surface area (TPSA) is 44.8 Å². The first kappa shape index (κ1) is 20.5. The first-order valence-electron chi connectivity index (χ1n) is 8.12.